The number of hydrogen-bond acceptors (Lipinski definition) is 4. The Balaban J connectivity index is 1.38. The fourth-order valence-corrected chi connectivity index (χ4v) is 5.46. The van der Waals surface area contributed by atoms with Gasteiger partial charge in [-0.2, -0.15) is 0 Å². The summed E-state index contributed by atoms with van der Waals surface area (Å²) >= 11 is 8.21. The molecule has 2 aromatic rings. The Hall–Kier alpha value is -2.11. The van der Waals surface area contributed by atoms with Crippen LogP contribution in [0, 0.1) is 0 Å². The number of benzene rings is 2. The molecule has 1 N–H and O–H groups in total. The maximum Gasteiger partial charge on any atom is 0.255 e. The quantitative estimate of drug-likeness (QED) is 0.190. The van der Waals surface area contributed by atoms with Crippen LogP contribution in [0.3, 0.4) is 0 Å². The first-order valence-electron chi connectivity index (χ1n) is 14.0. The van der Waals surface area contributed by atoms with Crippen LogP contribution in [-0.2, 0) is 6.54 Å². The molecule has 37 heavy (non-hydrogen) atoms. The van der Waals surface area contributed by atoms with Crippen LogP contribution >= 0.6 is 23.4 Å². The summed E-state index contributed by atoms with van der Waals surface area (Å²) in [6, 6.07) is 13.3. The molecule has 1 aliphatic heterocycles. The van der Waals surface area contributed by atoms with Crippen molar-refractivity contribution < 1.29 is 9.53 Å². The van der Waals surface area contributed by atoms with E-state index in [4.69, 9.17) is 16.3 Å². The van der Waals surface area contributed by atoms with Gasteiger partial charge in [-0.3, -0.25) is 4.79 Å². The molecule has 4 nitrogen and oxygen atoms in total. The number of carbonyl (C=O) groups excluding carboxylic acids is 1. The zero-order valence-electron chi connectivity index (χ0n) is 22.4. The molecule has 0 fully saturated rings. The van der Waals surface area contributed by atoms with Gasteiger partial charge in [-0.1, -0.05) is 107 Å². The molecule has 202 valence electrons. The van der Waals surface area contributed by atoms with Gasteiger partial charge in [0.05, 0.1) is 23.2 Å². The lowest BCUT2D eigenvalue weighted by atomic mass is 10.1. The first-order chi connectivity index (χ1) is 18.2. The highest BCUT2D eigenvalue weighted by atomic mass is 35.5. The van der Waals surface area contributed by atoms with Crippen LogP contribution in [0.25, 0.3) is 0 Å². The van der Waals surface area contributed by atoms with Crippen LogP contribution in [0.1, 0.15) is 99.9 Å². The highest BCUT2D eigenvalue weighted by Gasteiger charge is 2.14. The monoisotopic (exact) mass is 542 g/mol. The van der Waals surface area contributed by atoms with Crippen LogP contribution < -0.4 is 10.1 Å². The minimum absolute atomic E-state index is 0.161. The number of halogens is 1. The average molecular weight is 543 g/mol. The van der Waals surface area contributed by atoms with E-state index in [0.717, 1.165) is 30.8 Å². The zero-order chi connectivity index (χ0) is 26.1. The summed E-state index contributed by atoms with van der Waals surface area (Å²) in [5, 5.41) is 5.61. The van der Waals surface area contributed by atoms with E-state index in [1.807, 2.05) is 30.3 Å². The molecular formula is C31H43ClN2O2S. The van der Waals surface area contributed by atoms with Gasteiger partial charge >= 0.3 is 0 Å². The molecule has 0 saturated heterocycles. The standard InChI is InChI=1S/C31H43ClN2O2S/c1-2-3-4-5-6-7-8-9-10-11-12-13-21-36-30-28(32)18-15-19-29(30)33-31(35)27-17-14-16-26(23-27)24-34-20-22-37-25-34/h14-20,22-23H,2-13,21,24-25H2,1H3,(H,33,35). The highest BCUT2D eigenvalue weighted by molar-refractivity contribution is 8.02. The highest BCUT2D eigenvalue weighted by Crippen LogP contribution is 2.33. The molecule has 6 heteroatoms. The van der Waals surface area contributed by atoms with Crippen LogP contribution in [0.4, 0.5) is 5.69 Å². The molecule has 0 aromatic heterocycles. The molecule has 3 rings (SSSR count). The van der Waals surface area contributed by atoms with Crippen molar-refractivity contribution in [2.24, 2.45) is 0 Å². The minimum atomic E-state index is -0.161. The lowest BCUT2D eigenvalue weighted by molar-refractivity contribution is 0.102. The van der Waals surface area contributed by atoms with Crippen molar-refractivity contribution in [1.82, 2.24) is 4.90 Å². The molecule has 2 aromatic carbocycles. The number of hydrogen-bond donors (Lipinski definition) is 1. The smallest absolute Gasteiger partial charge is 0.255 e. The van der Waals surface area contributed by atoms with Gasteiger partial charge in [0.25, 0.3) is 5.91 Å². The van der Waals surface area contributed by atoms with Crippen LogP contribution in [0.2, 0.25) is 5.02 Å². The van der Waals surface area contributed by atoms with Gasteiger partial charge in [0.15, 0.2) is 5.75 Å². The average Bonchev–Trinajstić information content (AvgIpc) is 3.41. The summed E-state index contributed by atoms with van der Waals surface area (Å²) < 4.78 is 6.05. The second-order valence-corrected chi connectivity index (χ2v) is 11.1. The Morgan fingerprint density at radius 2 is 1.62 bits per heavy atom. The fourth-order valence-electron chi connectivity index (χ4n) is 4.52. The molecule has 0 aliphatic carbocycles. The van der Waals surface area contributed by atoms with Gasteiger partial charge in [-0.05, 0) is 41.7 Å². The van der Waals surface area contributed by atoms with Crippen molar-refractivity contribution in [2.75, 3.05) is 17.8 Å². The van der Waals surface area contributed by atoms with E-state index >= 15 is 0 Å². The predicted octanol–water partition coefficient (Wildman–Crippen LogP) is 9.65. The van der Waals surface area contributed by atoms with E-state index in [1.165, 1.54) is 64.2 Å². The molecule has 0 spiro atoms. The molecule has 0 saturated carbocycles. The Bertz CT molecular complexity index is 981. The third-order valence-electron chi connectivity index (χ3n) is 6.64. The summed E-state index contributed by atoms with van der Waals surface area (Å²) in [7, 11) is 0. The number of ether oxygens (including phenoxy) is 1. The lowest BCUT2D eigenvalue weighted by Gasteiger charge is -2.16. The molecular weight excluding hydrogens is 500 g/mol. The molecule has 1 heterocycles. The second-order valence-electron chi connectivity index (χ2n) is 9.84. The number of nitrogens with zero attached hydrogens (tertiary/aromatic N) is 1. The minimum Gasteiger partial charge on any atom is -0.490 e. The number of unbranched alkanes of at least 4 members (excludes halogenated alkanes) is 11. The maximum atomic E-state index is 13.0. The molecule has 0 radical (unpaired) electrons. The Morgan fingerprint density at radius 1 is 0.946 bits per heavy atom. The Labute approximate surface area is 233 Å². The first kappa shape index (κ1) is 29.4. The SMILES string of the molecule is CCCCCCCCCCCCCCOc1c(Cl)cccc1NC(=O)c1cccc(CN2C=CSC2)c1. The summed E-state index contributed by atoms with van der Waals surface area (Å²) in [6.07, 6.45) is 17.8. The molecule has 0 bridgehead atoms. The van der Waals surface area contributed by atoms with Gasteiger partial charge in [0.2, 0.25) is 0 Å². The fraction of sp³-hybridized carbons (Fsp3) is 0.516. The van der Waals surface area contributed by atoms with Gasteiger partial charge < -0.3 is 15.0 Å². The number of para-hydroxylation sites is 1. The van der Waals surface area contributed by atoms with Gasteiger partial charge in [-0.15, -0.1) is 11.8 Å². The maximum absolute atomic E-state index is 13.0. The van der Waals surface area contributed by atoms with Crippen molar-refractivity contribution in [3.05, 3.63) is 70.2 Å². The van der Waals surface area contributed by atoms with Crippen molar-refractivity contribution in [1.29, 1.82) is 0 Å². The second kappa shape index (κ2) is 17.4. The Kier molecular flexibility index (Phi) is 13.9. The van der Waals surface area contributed by atoms with Gasteiger partial charge in [0, 0.05) is 18.3 Å². The van der Waals surface area contributed by atoms with Gasteiger partial charge in [-0.25, -0.2) is 0 Å². The summed E-state index contributed by atoms with van der Waals surface area (Å²) in [6.45, 7) is 3.65. The van der Waals surface area contributed by atoms with Crippen LogP contribution in [0.15, 0.2) is 54.1 Å². The number of nitrogens with one attached hydrogen (secondary N) is 1. The van der Waals surface area contributed by atoms with Crippen molar-refractivity contribution >= 4 is 35.0 Å². The Morgan fingerprint density at radius 3 is 2.30 bits per heavy atom. The van der Waals surface area contributed by atoms with E-state index in [0.29, 0.717) is 28.6 Å². The van der Waals surface area contributed by atoms with E-state index in [9.17, 15) is 4.79 Å². The van der Waals surface area contributed by atoms with Crippen molar-refractivity contribution in [2.45, 2.75) is 90.5 Å². The first-order valence-corrected chi connectivity index (χ1v) is 15.4. The van der Waals surface area contributed by atoms with E-state index in [2.05, 4.69) is 34.8 Å². The van der Waals surface area contributed by atoms with E-state index in [-0.39, 0.29) is 5.91 Å². The molecule has 0 atom stereocenters. The number of carbonyl (C=O) groups is 1. The number of amides is 1. The zero-order valence-corrected chi connectivity index (χ0v) is 23.9. The summed E-state index contributed by atoms with van der Waals surface area (Å²) in [5.74, 6) is 1.33. The number of thioether (sulfide) groups is 1. The van der Waals surface area contributed by atoms with Crippen molar-refractivity contribution in [3.63, 3.8) is 0 Å². The van der Waals surface area contributed by atoms with Gasteiger partial charge in [0.1, 0.15) is 0 Å². The third kappa shape index (κ3) is 11.0. The summed E-state index contributed by atoms with van der Waals surface area (Å²) in [5.41, 5.74) is 2.34. The van der Waals surface area contributed by atoms with Crippen LogP contribution in [0.5, 0.6) is 5.75 Å². The lowest BCUT2D eigenvalue weighted by Crippen LogP contribution is -2.15. The summed E-state index contributed by atoms with van der Waals surface area (Å²) in [4.78, 5) is 15.2. The van der Waals surface area contributed by atoms with Crippen molar-refractivity contribution in [3.8, 4) is 5.75 Å². The predicted molar refractivity (Wildman–Crippen MR) is 160 cm³/mol. The third-order valence-corrected chi connectivity index (χ3v) is 7.74. The van der Waals surface area contributed by atoms with E-state index in [1.54, 1.807) is 17.8 Å². The molecule has 1 amide bonds. The van der Waals surface area contributed by atoms with Crippen LogP contribution in [-0.4, -0.2) is 23.3 Å². The normalized spacial score (nSPS) is 12.8. The molecule has 1 aliphatic rings. The topological polar surface area (TPSA) is 41.6 Å². The largest absolute Gasteiger partial charge is 0.490 e. The number of rotatable bonds is 18. The number of anilines is 1. The van der Waals surface area contributed by atoms with E-state index < -0.39 is 0 Å². The molecule has 0 unspecified atom stereocenters.